The summed E-state index contributed by atoms with van der Waals surface area (Å²) in [6, 6.07) is 14.5. The minimum absolute atomic E-state index is 0.404. The molecule has 1 aliphatic carbocycles. The molecule has 2 aromatic rings. The van der Waals surface area contributed by atoms with Crippen molar-refractivity contribution < 1.29 is 9.53 Å². The first kappa shape index (κ1) is 19.4. The summed E-state index contributed by atoms with van der Waals surface area (Å²) in [6.45, 7) is 5.61. The first-order chi connectivity index (χ1) is 12.9. The van der Waals surface area contributed by atoms with E-state index >= 15 is 0 Å². The van der Waals surface area contributed by atoms with Gasteiger partial charge in [0.2, 0.25) is 0 Å². The summed E-state index contributed by atoms with van der Waals surface area (Å²) in [5.74, 6) is 0.0471. The van der Waals surface area contributed by atoms with Crippen LogP contribution in [0.2, 0.25) is 0 Å². The van der Waals surface area contributed by atoms with Gasteiger partial charge in [-0.05, 0) is 48.3 Å². The average Bonchev–Trinajstić information content (AvgIpc) is 2.67. The molecule has 4 heteroatoms. The van der Waals surface area contributed by atoms with Crippen LogP contribution in [0.5, 0.6) is 5.75 Å². The number of primary amides is 1. The Bertz CT molecular complexity index is 787. The molecular weight excluding hydrogens is 336 g/mol. The molecule has 3 N–H and O–H groups in total. The van der Waals surface area contributed by atoms with Crippen LogP contribution >= 0.6 is 0 Å². The third-order valence-electron chi connectivity index (χ3n) is 5.68. The van der Waals surface area contributed by atoms with Crippen molar-refractivity contribution in [3.05, 3.63) is 53.6 Å². The van der Waals surface area contributed by atoms with Gasteiger partial charge in [0.1, 0.15) is 5.75 Å². The zero-order valence-corrected chi connectivity index (χ0v) is 16.5. The van der Waals surface area contributed by atoms with E-state index in [0.29, 0.717) is 22.8 Å². The van der Waals surface area contributed by atoms with Crippen molar-refractivity contribution in [1.82, 2.24) is 5.32 Å². The van der Waals surface area contributed by atoms with E-state index in [0.717, 1.165) is 17.7 Å². The molecule has 0 aromatic heterocycles. The molecule has 0 spiro atoms. The van der Waals surface area contributed by atoms with Crippen LogP contribution in [0.15, 0.2) is 42.5 Å². The lowest BCUT2D eigenvalue weighted by Crippen LogP contribution is -2.35. The topological polar surface area (TPSA) is 64.3 Å². The predicted molar refractivity (Wildman–Crippen MR) is 110 cm³/mol. The number of ether oxygens (including phenoxy) is 1. The van der Waals surface area contributed by atoms with Crippen LogP contribution in [0.1, 0.15) is 55.5 Å². The SMILES string of the molecule is COc1c(C(N)=O)cccc1-c1ccc(CNC2CCC(C)(C)CC2)cc1. The highest BCUT2D eigenvalue weighted by Gasteiger charge is 2.26. The Kier molecular flexibility index (Phi) is 5.85. The molecule has 1 aliphatic rings. The first-order valence-electron chi connectivity index (χ1n) is 9.69. The molecule has 0 saturated heterocycles. The van der Waals surface area contributed by atoms with Crippen LogP contribution in [0.25, 0.3) is 11.1 Å². The summed E-state index contributed by atoms with van der Waals surface area (Å²) in [4.78, 5) is 11.6. The molecule has 1 amide bonds. The maximum atomic E-state index is 11.6. The quantitative estimate of drug-likeness (QED) is 0.790. The second-order valence-corrected chi connectivity index (χ2v) is 8.27. The van der Waals surface area contributed by atoms with E-state index in [9.17, 15) is 4.79 Å². The fourth-order valence-corrected chi connectivity index (χ4v) is 3.85. The number of rotatable bonds is 6. The summed E-state index contributed by atoms with van der Waals surface area (Å²) in [5, 5.41) is 3.70. The number of carbonyl (C=O) groups is 1. The third-order valence-corrected chi connectivity index (χ3v) is 5.68. The molecule has 0 radical (unpaired) electrons. The highest BCUT2D eigenvalue weighted by atomic mass is 16.5. The lowest BCUT2D eigenvalue weighted by molar-refractivity contribution is 0.0997. The summed E-state index contributed by atoms with van der Waals surface area (Å²) < 4.78 is 5.45. The van der Waals surface area contributed by atoms with Gasteiger partial charge in [-0.15, -0.1) is 0 Å². The summed E-state index contributed by atoms with van der Waals surface area (Å²) in [7, 11) is 1.56. The largest absolute Gasteiger partial charge is 0.495 e. The Morgan fingerprint density at radius 3 is 2.41 bits per heavy atom. The van der Waals surface area contributed by atoms with Crippen molar-refractivity contribution in [2.75, 3.05) is 7.11 Å². The van der Waals surface area contributed by atoms with E-state index < -0.39 is 5.91 Å². The third kappa shape index (κ3) is 4.69. The second-order valence-electron chi connectivity index (χ2n) is 8.27. The average molecular weight is 367 g/mol. The molecule has 1 fully saturated rings. The number of nitrogens with one attached hydrogen (secondary N) is 1. The molecule has 4 nitrogen and oxygen atoms in total. The van der Waals surface area contributed by atoms with Gasteiger partial charge >= 0.3 is 0 Å². The Balaban J connectivity index is 1.68. The number of amides is 1. The van der Waals surface area contributed by atoms with Gasteiger partial charge in [0, 0.05) is 18.2 Å². The normalized spacial score (nSPS) is 16.9. The van der Waals surface area contributed by atoms with Crippen LogP contribution in [-0.2, 0) is 6.54 Å². The van der Waals surface area contributed by atoms with E-state index in [-0.39, 0.29) is 0 Å². The molecule has 0 bridgehead atoms. The molecule has 27 heavy (non-hydrogen) atoms. The lowest BCUT2D eigenvalue weighted by Gasteiger charge is -2.34. The molecule has 0 unspecified atom stereocenters. The van der Waals surface area contributed by atoms with Gasteiger partial charge in [-0.25, -0.2) is 0 Å². The van der Waals surface area contributed by atoms with Crippen LogP contribution < -0.4 is 15.8 Å². The maximum Gasteiger partial charge on any atom is 0.252 e. The highest BCUT2D eigenvalue weighted by Crippen LogP contribution is 2.35. The number of nitrogens with two attached hydrogens (primary N) is 1. The van der Waals surface area contributed by atoms with E-state index in [1.807, 2.05) is 12.1 Å². The number of carbonyl (C=O) groups excluding carboxylic acids is 1. The molecular formula is C23H30N2O2. The molecule has 2 aromatic carbocycles. The number of hydrogen-bond donors (Lipinski definition) is 2. The monoisotopic (exact) mass is 366 g/mol. The van der Waals surface area contributed by atoms with Crippen molar-refractivity contribution in [3.8, 4) is 16.9 Å². The summed E-state index contributed by atoms with van der Waals surface area (Å²) in [5.41, 5.74) is 9.51. The van der Waals surface area contributed by atoms with Crippen molar-refractivity contribution >= 4 is 5.91 Å². The van der Waals surface area contributed by atoms with Gasteiger partial charge in [0.05, 0.1) is 12.7 Å². The summed E-state index contributed by atoms with van der Waals surface area (Å²) in [6.07, 6.45) is 5.09. The van der Waals surface area contributed by atoms with Crippen molar-refractivity contribution in [2.24, 2.45) is 11.1 Å². The number of methoxy groups -OCH3 is 1. The van der Waals surface area contributed by atoms with Crippen LogP contribution in [-0.4, -0.2) is 19.1 Å². The smallest absolute Gasteiger partial charge is 0.252 e. The molecule has 144 valence electrons. The van der Waals surface area contributed by atoms with Crippen molar-refractivity contribution in [2.45, 2.75) is 52.1 Å². The minimum Gasteiger partial charge on any atom is -0.495 e. The summed E-state index contributed by atoms with van der Waals surface area (Å²) >= 11 is 0. The van der Waals surface area contributed by atoms with E-state index in [1.165, 1.54) is 31.2 Å². The zero-order chi connectivity index (χ0) is 19.4. The highest BCUT2D eigenvalue weighted by molar-refractivity contribution is 5.98. The fourth-order valence-electron chi connectivity index (χ4n) is 3.85. The first-order valence-corrected chi connectivity index (χ1v) is 9.69. The van der Waals surface area contributed by atoms with E-state index in [1.54, 1.807) is 13.2 Å². The fraction of sp³-hybridized carbons (Fsp3) is 0.435. The molecule has 1 saturated carbocycles. The van der Waals surface area contributed by atoms with Crippen molar-refractivity contribution in [1.29, 1.82) is 0 Å². The number of hydrogen-bond acceptors (Lipinski definition) is 3. The van der Waals surface area contributed by atoms with Gasteiger partial charge < -0.3 is 15.8 Å². The van der Waals surface area contributed by atoms with Gasteiger partial charge in [0.25, 0.3) is 5.91 Å². The molecule has 0 atom stereocenters. The predicted octanol–water partition coefficient (Wildman–Crippen LogP) is 4.52. The second kappa shape index (κ2) is 8.13. The number of benzene rings is 2. The van der Waals surface area contributed by atoms with E-state index in [2.05, 4.69) is 43.4 Å². The van der Waals surface area contributed by atoms with E-state index in [4.69, 9.17) is 10.5 Å². The van der Waals surface area contributed by atoms with Crippen LogP contribution in [0.3, 0.4) is 0 Å². The minimum atomic E-state index is -0.481. The Morgan fingerprint density at radius 2 is 1.81 bits per heavy atom. The molecule has 3 rings (SSSR count). The van der Waals surface area contributed by atoms with Crippen LogP contribution in [0.4, 0.5) is 0 Å². The zero-order valence-electron chi connectivity index (χ0n) is 16.5. The Morgan fingerprint density at radius 1 is 1.15 bits per heavy atom. The van der Waals surface area contributed by atoms with Crippen molar-refractivity contribution in [3.63, 3.8) is 0 Å². The molecule has 0 heterocycles. The van der Waals surface area contributed by atoms with Gasteiger partial charge in [-0.3, -0.25) is 4.79 Å². The standard InChI is InChI=1S/C23H30N2O2/c1-23(2)13-11-18(12-14-23)25-15-16-7-9-17(10-8-16)19-5-4-6-20(22(24)26)21(19)27-3/h4-10,18,25H,11-15H2,1-3H3,(H2,24,26). The Labute approximate surface area is 162 Å². The van der Waals surface area contributed by atoms with Gasteiger partial charge in [0.15, 0.2) is 0 Å². The number of para-hydroxylation sites is 1. The van der Waals surface area contributed by atoms with Gasteiger partial charge in [-0.2, -0.15) is 0 Å². The van der Waals surface area contributed by atoms with Gasteiger partial charge in [-0.1, -0.05) is 50.2 Å². The van der Waals surface area contributed by atoms with Crippen LogP contribution in [0, 0.1) is 5.41 Å². The Hall–Kier alpha value is -2.33. The molecule has 0 aliphatic heterocycles. The maximum absolute atomic E-state index is 11.6. The lowest BCUT2D eigenvalue weighted by atomic mass is 9.75.